The number of ether oxygens (including phenoxy) is 1. The van der Waals surface area contributed by atoms with E-state index in [0.29, 0.717) is 48.0 Å². The molecule has 0 saturated carbocycles. The second-order valence-corrected chi connectivity index (χ2v) is 8.08. The van der Waals surface area contributed by atoms with Gasteiger partial charge in [-0.15, -0.1) is 0 Å². The van der Waals surface area contributed by atoms with E-state index in [4.69, 9.17) is 16.3 Å². The maximum atomic E-state index is 13.0. The van der Waals surface area contributed by atoms with Gasteiger partial charge >= 0.3 is 0 Å². The summed E-state index contributed by atoms with van der Waals surface area (Å²) in [6.45, 7) is 2.19. The first-order chi connectivity index (χ1) is 16.5. The van der Waals surface area contributed by atoms with Crippen molar-refractivity contribution in [1.82, 2.24) is 9.88 Å². The van der Waals surface area contributed by atoms with Gasteiger partial charge in [-0.2, -0.15) is 5.26 Å². The highest BCUT2D eigenvalue weighted by molar-refractivity contribution is 6.30. The van der Waals surface area contributed by atoms with Gasteiger partial charge in [0, 0.05) is 43.0 Å². The van der Waals surface area contributed by atoms with Crippen LogP contribution in [0, 0.1) is 11.3 Å². The largest absolute Gasteiger partial charge is 0.480 e. The minimum absolute atomic E-state index is 0.0478. The maximum Gasteiger partial charge on any atom is 0.261 e. The van der Waals surface area contributed by atoms with Crippen LogP contribution in [0.4, 0.5) is 11.4 Å². The van der Waals surface area contributed by atoms with Gasteiger partial charge in [-0.05, 0) is 54.6 Å². The van der Waals surface area contributed by atoms with Crippen LogP contribution in [0.5, 0.6) is 5.88 Å². The molecule has 172 valence electrons. The SMILES string of the molecule is COc1ncccc1C(=O)Nc1cc(C#N)ccc1N1CCN(C(=O)c2ccc(Cl)cc2)CC1. The van der Waals surface area contributed by atoms with Gasteiger partial charge in [0.05, 0.1) is 30.1 Å². The van der Waals surface area contributed by atoms with Gasteiger partial charge in [0.15, 0.2) is 0 Å². The molecule has 4 rings (SSSR count). The molecule has 1 N–H and O–H groups in total. The monoisotopic (exact) mass is 475 g/mol. The highest BCUT2D eigenvalue weighted by atomic mass is 35.5. The second kappa shape index (κ2) is 10.2. The standard InChI is InChI=1S/C25H22ClN5O3/c1-34-24-20(3-2-10-28-24)23(32)29-21-15-17(16-27)4-9-22(21)30-11-13-31(14-12-30)25(33)18-5-7-19(26)8-6-18/h2-10,15H,11-14H2,1H3,(H,29,32). The summed E-state index contributed by atoms with van der Waals surface area (Å²) in [6, 6.07) is 17.4. The minimum atomic E-state index is -0.391. The number of nitrogens with one attached hydrogen (secondary N) is 1. The quantitative estimate of drug-likeness (QED) is 0.602. The zero-order chi connectivity index (χ0) is 24.1. The molecule has 2 heterocycles. The van der Waals surface area contributed by atoms with Crippen LogP contribution in [0.15, 0.2) is 60.8 Å². The van der Waals surface area contributed by atoms with E-state index in [1.165, 1.54) is 7.11 Å². The van der Waals surface area contributed by atoms with Crippen molar-refractivity contribution in [3.8, 4) is 11.9 Å². The number of aromatic nitrogens is 1. The molecule has 2 amide bonds. The average molecular weight is 476 g/mol. The van der Waals surface area contributed by atoms with Gasteiger partial charge in [-0.1, -0.05) is 11.6 Å². The minimum Gasteiger partial charge on any atom is -0.480 e. The summed E-state index contributed by atoms with van der Waals surface area (Å²) in [7, 11) is 1.45. The number of carbonyl (C=O) groups excluding carboxylic acids is 2. The highest BCUT2D eigenvalue weighted by Crippen LogP contribution is 2.29. The number of hydrogen-bond acceptors (Lipinski definition) is 6. The predicted molar refractivity (Wildman–Crippen MR) is 129 cm³/mol. The summed E-state index contributed by atoms with van der Waals surface area (Å²) in [4.78, 5) is 33.7. The van der Waals surface area contributed by atoms with Crippen molar-refractivity contribution in [3.05, 3.63) is 82.5 Å². The van der Waals surface area contributed by atoms with Crippen molar-refractivity contribution in [3.63, 3.8) is 0 Å². The van der Waals surface area contributed by atoms with E-state index in [1.807, 2.05) is 6.07 Å². The molecule has 2 aromatic carbocycles. The molecule has 34 heavy (non-hydrogen) atoms. The van der Waals surface area contributed by atoms with Gasteiger partial charge in [0.25, 0.3) is 11.8 Å². The highest BCUT2D eigenvalue weighted by Gasteiger charge is 2.24. The van der Waals surface area contributed by atoms with Crippen LogP contribution in [-0.2, 0) is 0 Å². The van der Waals surface area contributed by atoms with Crippen molar-refractivity contribution in [2.45, 2.75) is 0 Å². The third-order valence-corrected chi connectivity index (χ3v) is 5.83. The maximum absolute atomic E-state index is 13.0. The molecule has 0 unspecified atom stereocenters. The first kappa shape index (κ1) is 23.1. The zero-order valence-corrected chi connectivity index (χ0v) is 19.2. The average Bonchev–Trinajstić information content (AvgIpc) is 2.88. The topological polar surface area (TPSA) is 98.6 Å². The van der Waals surface area contributed by atoms with Gasteiger partial charge in [0.1, 0.15) is 5.56 Å². The number of amides is 2. The molecular formula is C25H22ClN5O3. The van der Waals surface area contributed by atoms with Gasteiger partial charge in [-0.3, -0.25) is 9.59 Å². The Bertz CT molecular complexity index is 1250. The van der Waals surface area contributed by atoms with Crippen molar-refractivity contribution >= 4 is 34.8 Å². The van der Waals surface area contributed by atoms with Crippen molar-refractivity contribution < 1.29 is 14.3 Å². The molecule has 1 fully saturated rings. The summed E-state index contributed by atoms with van der Waals surface area (Å²) in [6.07, 6.45) is 1.54. The van der Waals surface area contributed by atoms with E-state index in [2.05, 4.69) is 21.3 Å². The molecule has 1 saturated heterocycles. The smallest absolute Gasteiger partial charge is 0.261 e. The van der Waals surface area contributed by atoms with E-state index < -0.39 is 5.91 Å². The third-order valence-electron chi connectivity index (χ3n) is 5.58. The fourth-order valence-electron chi connectivity index (χ4n) is 3.82. The number of nitriles is 1. The van der Waals surface area contributed by atoms with Gasteiger partial charge in [0.2, 0.25) is 5.88 Å². The Balaban J connectivity index is 1.51. The van der Waals surface area contributed by atoms with Crippen LogP contribution >= 0.6 is 11.6 Å². The number of pyridine rings is 1. The molecule has 0 bridgehead atoms. The number of benzene rings is 2. The molecule has 8 nitrogen and oxygen atoms in total. The Labute approximate surface area is 202 Å². The molecule has 0 spiro atoms. The van der Waals surface area contributed by atoms with Crippen LogP contribution < -0.4 is 15.0 Å². The molecule has 0 atom stereocenters. The molecule has 1 aliphatic heterocycles. The molecule has 1 aliphatic rings. The van der Waals surface area contributed by atoms with Gasteiger partial charge < -0.3 is 19.9 Å². The number of hydrogen-bond donors (Lipinski definition) is 1. The van der Waals surface area contributed by atoms with Crippen LogP contribution in [0.2, 0.25) is 5.02 Å². The number of halogens is 1. The third kappa shape index (κ3) is 4.95. The lowest BCUT2D eigenvalue weighted by atomic mass is 10.1. The Hall–Kier alpha value is -4.09. The lowest BCUT2D eigenvalue weighted by Crippen LogP contribution is -2.49. The normalized spacial score (nSPS) is 13.2. The van der Waals surface area contributed by atoms with Crippen LogP contribution in [0.3, 0.4) is 0 Å². The summed E-state index contributed by atoms with van der Waals surface area (Å²) >= 11 is 5.93. The molecule has 0 radical (unpaired) electrons. The number of piperazine rings is 1. The number of anilines is 2. The van der Waals surface area contributed by atoms with Crippen LogP contribution in [-0.4, -0.2) is 55.0 Å². The fourth-order valence-corrected chi connectivity index (χ4v) is 3.95. The fraction of sp³-hybridized carbons (Fsp3) is 0.200. The molecule has 9 heteroatoms. The Kier molecular flexibility index (Phi) is 6.95. The van der Waals surface area contributed by atoms with E-state index in [1.54, 1.807) is 59.6 Å². The Morgan fingerprint density at radius 3 is 2.50 bits per heavy atom. The number of carbonyl (C=O) groups is 2. The number of rotatable bonds is 5. The second-order valence-electron chi connectivity index (χ2n) is 7.64. The Morgan fingerprint density at radius 1 is 1.09 bits per heavy atom. The van der Waals surface area contributed by atoms with Crippen LogP contribution in [0.25, 0.3) is 0 Å². The van der Waals surface area contributed by atoms with Crippen molar-refractivity contribution in [2.75, 3.05) is 43.5 Å². The Morgan fingerprint density at radius 2 is 1.82 bits per heavy atom. The first-order valence-corrected chi connectivity index (χ1v) is 11.0. The van der Waals surface area contributed by atoms with Crippen molar-refractivity contribution in [2.24, 2.45) is 0 Å². The summed E-state index contributed by atoms with van der Waals surface area (Å²) in [5, 5.41) is 12.8. The zero-order valence-electron chi connectivity index (χ0n) is 18.5. The van der Waals surface area contributed by atoms with E-state index in [-0.39, 0.29) is 17.4 Å². The first-order valence-electron chi connectivity index (χ1n) is 10.6. The van der Waals surface area contributed by atoms with E-state index in [9.17, 15) is 14.9 Å². The lowest BCUT2D eigenvalue weighted by Gasteiger charge is -2.37. The molecule has 0 aliphatic carbocycles. The lowest BCUT2D eigenvalue weighted by molar-refractivity contribution is 0.0746. The van der Waals surface area contributed by atoms with Crippen molar-refractivity contribution in [1.29, 1.82) is 5.26 Å². The molecular weight excluding hydrogens is 454 g/mol. The molecule has 3 aromatic rings. The van der Waals surface area contributed by atoms with E-state index >= 15 is 0 Å². The number of nitrogens with zero attached hydrogens (tertiary/aromatic N) is 4. The number of methoxy groups -OCH3 is 1. The van der Waals surface area contributed by atoms with E-state index in [0.717, 1.165) is 5.69 Å². The van der Waals surface area contributed by atoms with Crippen LogP contribution in [0.1, 0.15) is 26.3 Å². The summed E-state index contributed by atoms with van der Waals surface area (Å²) < 4.78 is 5.19. The van der Waals surface area contributed by atoms with Gasteiger partial charge in [-0.25, -0.2) is 4.98 Å². The molecule has 1 aromatic heterocycles. The summed E-state index contributed by atoms with van der Waals surface area (Å²) in [5.41, 5.74) is 2.58. The predicted octanol–water partition coefficient (Wildman–Crippen LogP) is 3.83. The summed E-state index contributed by atoms with van der Waals surface area (Å²) in [5.74, 6) is -0.224.